The molecule has 130 valence electrons. The molecule has 0 N–H and O–H groups in total. The van der Waals surface area contributed by atoms with Crippen LogP contribution in [0.25, 0.3) is 0 Å². The lowest BCUT2D eigenvalue weighted by molar-refractivity contribution is 0.158. The first-order valence-corrected chi connectivity index (χ1v) is 8.65. The third kappa shape index (κ3) is 4.08. The first-order chi connectivity index (χ1) is 11.9. The number of para-hydroxylation sites is 1. The minimum atomic E-state index is -0.435. The van der Waals surface area contributed by atoms with E-state index in [1.165, 1.54) is 11.1 Å². The fourth-order valence-corrected chi connectivity index (χ4v) is 2.97. The van der Waals surface area contributed by atoms with E-state index in [0.29, 0.717) is 6.54 Å². The van der Waals surface area contributed by atoms with Gasteiger partial charge in [0, 0.05) is 6.54 Å². The summed E-state index contributed by atoms with van der Waals surface area (Å²) in [5.74, 6) is 0. The molecule has 0 aliphatic carbocycles. The molecule has 25 heavy (non-hydrogen) atoms. The number of carbonyl (C=O) groups is 1. The van der Waals surface area contributed by atoms with Crippen molar-refractivity contribution in [3.8, 4) is 0 Å². The van der Waals surface area contributed by atoms with E-state index in [1.807, 2.05) is 30.3 Å². The summed E-state index contributed by atoms with van der Waals surface area (Å²) < 4.78 is 0. The van der Waals surface area contributed by atoms with Crippen LogP contribution in [-0.2, 0) is 16.7 Å². The van der Waals surface area contributed by atoms with Gasteiger partial charge in [-0.05, 0) is 41.0 Å². The number of aryl methyl sites for hydroxylation is 1. The van der Waals surface area contributed by atoms with E-state index in [-0.39, 0.29) is 5.41 Å². The Morgan fingerprint density at radius 3 is 2.56 bits per heavy atom. The van der Waals surface area contributed by atoms with Crippen molar-refractivity contribution in [2.45, 2.75) is 39.0 Å². The van der Waals surface area contributed by atoms with Crippen LogP contribution in [-0.4, -0.2) is 18.9 Å². The molecule has 0 spiro atoms. The van der Waals surface area contributed by atoms with Gasteiger partial charge in [-0.25, -0.2) is 4.79 Å². The molecule has 4 heteroatoms. The summed E-state index contributed by atoms with van der Waals surface area (Å²) in [7, 11) is 0. The van der Waals surface area contributed by atoms with E-state index in [0.717, 1.165) is 24.1 Å². The van der Waals surface area contributed by atoms with E-state index in [1.54, 1.807) is 11.1 Å². The SMILES string of the molecule is CC(C)(C)c1ccc(C=NOC(=O)N2CCCc3ccccc32)cc1. The molecule has 0 saturated heterocycles. The molecule has 0 aromatic heterocycles. The van der Waals surface area contributed by atoms with Crippen molar-refractivity contribution >= 4 is 18.0 Å². The molecule has 0 fully saturated rings. The van der Waals surface area contributed by atoms with Gasteiger partial charge in [0.05, 0.1) is 11.9 Å². The normalized spacial score (nSPS) is 14.4. The number of hydrogen-bond acceptors (Lipinski definition) is 3. The van der Waals surface area contributed by atoms with E-state index < -0.39 is 6.09 Å². The maximum atomic E-state index is 12.3. The summed E-state index contributed by atoms with van der Waals surface area (Å²) in [6, 6.07) is 16.0. The number of hydrogen-bond donors (Lipinski definition) is 0. The minimum Gasteiger partial charge on any atom is -0.298 e. The summed E-state index contributed by atoms with van der Waals surface area (Å²) in [6.45, 7) is 7.18. The van der Waals surface area contributed by atoms with Crippen LogP contribution in [0, 0.1) is 0 Å². The number of carbonyl (C=O) groups excluding carboxylic acids is 1. The van der Waals surface area contributed by atoms with Crippen LogP contribution < -0.4 is 4.90 Å². The molecule has 2 aromatic rings. The number of anilines is 1. The summed E-state index contributed by atoms with van der Waals surface area (Å²) >= 11 is 0. The second-order valence-electron chi connectivity index (χ2n) is 7.35. The molecule has 0 radical (unpaired) electrons. The number of nitrogens with zero attached hydrogens (tertiary/aromatic N) is 2. The van der Waals surface area contributed by atoms with Gasteiger partial charge in [0.25, 0.3) is 0 Å². The molecular weight excluding hydrogens is 312 g/mol. The fraction of sp³-hybridized carbons (Fsp3) is 0.333. The highest BCUT2D eigenvalue weighted by Crippen LogP contribution is 2.27. The highest BCUT2D eigenvalue weighted by atomic mass is 16.7. The van der Waals surface area contributed by atoms with Gasteiger partial charge in [-0.2, -0.15) is 0 Å². The average Bonchev–Trinajstić information content (AvgIpc) is 2.61. The number of benzene rings is 2. The van der Waals surface area contributed by atoms with Crippen LogP contribution in [0.2, 0.25) is 0 Å². The Morgan fingerprint density at radius 2 is 1.84 bits per heavy atom. The largest absolute Gasteiger partial charge is 0.440 e. The highest BCUT2D eigenvalue weighted by molar-refractivity contribution is 5.89. The van der Waals surface area contributed by atoms with Crippen LogP contribution >= 0.6 is 0 Å². The number of amides is 1. The Hall–Kier alpha value is -2.62. The molecule has 0 unspecified atom stereocenters. The summed E-state index contributed by atoms with van der Waals surface area (Å²) in [5.41, 5.74) is 4.37. The van der Waals surface area contributed by atoms with Crippen molar-refractivity contribution in [2.24, 2.45) is 5.16 Å². The first kappa shape index (κ1) is 17.2. The van der Waals surface area contributed by atoms with Crippen molar-refractivity contribution in [3.05, 3.63) is 65.2 Å². The van der Waals surface area contributed by atoms with E-state index in [4.69, 9.17) is 4.84 Å². The van der Waals surface area contributed by atoms with Gasteiger partial charge >= 0.3 is 6.09 Å². The van der Waals surface area contributed by atoms with E-state index >= 15 is 0 Å². The second kappa shape index (κ2) is 7.09. The summed E-state index contributed by atoms with van der Waals surface area (Å²) in [4.78, 5) is 19.1. The van der Waals surface area contributed by atoms with Gasteiger partial charge in [-0.3, -0.25) is 9.74 Å². The minimum absolute atomic E-state index is 0.115. The van der Waals surface area contributed by atoms with Crippen molar-refractivity contribution in [2.75, 3.05) is 11.4 Å². The van der Waals surface area contributed by atoms with Crippen LogP contribution in [0.15, 0.2) is 53.7 Å². The molecule has 1 aliphatic rings. The first-order valence-electron chi connectivity index (χ1n) is 8.65. The molecule has 1 aliphatic heterocycles. The number of rotatable bonds is 2. The van der Waals surface area contributed by atoms with Crippen molar-refractivity contribution in [1.29, 1.82) is 0 Å². The molecular formula is C21H24N2O2. The Kier molecular flexibility index (Phi) is 4.88. The zero-order chi connectivity index (χ0) is 17.9. The van der Waals surface area contributed by atoms with Crippen molar-refractivity contribution in [3.63, 3.8) is 0 Å². The second-order valence-corrected chi connectivity index (χ2v) is 7.35. The molecule has 3 rings (SSSR count). The van der Waals surface area contributed by atoms with Gasteiger partial charge < -0.3 is 0 Å². The molecule has 1 heterocycles. The Balaban J connectivity index is 1.64. The third-order valence-corrected chi connectivity index (χ3v) is 4.44. The average molecular weight is 336 g/mol. The van der Waals surface area contributed by atoms with Crippen LogP contribution in [0.3, 0.4) is 0 Å². The third-order valence-electron chi connectivity index (χ3n) is 4.44. The van der Waals surface area contributed by atoms with Gasteiger partial charge in [-0.1, -0.05) is 68.4 Å². The number of oxime groups is 1. The molecule has 0 saturated carbocycles. The van der Waals surface area contributed by atoms with Crippen LogP contribution in [0.4, 0.5) is 10.5 Å². The molecule has 4 nitrogen and oxygen atoms in total. The lowest BCUT2D eigenvalue weighted by Gasteiger charge is -2.27. The van der Waals surface area contributed by atoms with Crippen LogP contribution in [0.1, 0.15) is 43.9 Å². The van der Waals surface area contributed by atoms with Gasteiger partial charge in [-0.15, -0.1) is 0 Å². The quantitative estimate of drug-likeness (QED) is 0.444. The van der Waals surface area contributed by atoms with E-state index in [2.05, 4.69) is 44.1 Å². The Morgan fingerprint density at radius 1 is 1.12 bits per heavy atom. The maximum Gasteiger partial charge on any atom is 0.440 e. The fourth-order valence-electron chi connectivity index (χ4n) is 2.97. The lowest BCUT2D eigenvalue weighted by atomic mass is 9.87. The van der Waals surface area contributed by atoms with E-state index in [9.17, 15) is 4.79 Å². The molecule has 0 bridgehead atoms. The Bertz CT molecular complexity index is 773. The molecule has 2 aromatic carbocycles. The van der Waals surface area contributed by atoms with Crippen molar-refractivity contribution < 1.29 is 9.63 Å². The zero-order valence-electron chi connectivity index (χ0n) is 15.0. The smallest absolute Gasteiger partial charge is 0.298 e. The summed E-state index contributed by atoms with van der Waals surface area (Å²) in [6.07, 6.45) is 3.06. The van der Waals surface area contributed by atoms with Crippen molar-refractivity contribution in [1.82, 2.24) is 0 Å². The van der Waals surface area contributed by atoms with Gasteiger partial charge in [0.15, 0.2) is 0 Å². The monoisotopic (exact) mass is 336 g/mol. The zero-order valence-corrected chi connectivity index (χ0v) is 15.0. The lowest BCUT2D eigenvalue weighted by Crippen LogP contribution is -2.35. The number of fused-ring (bicyclic) bond motifs is 1. The summed E-state index contributed by atoms with van der Waals surface area (Å²) in [5, 5.41) is 3.87. The topological polar surface area (TPSA) is 41.9 Å². The molecule has 1 amide bonds. The predicted molar refractivity (Wildman–Crippen MR) is 101 cm³/mol. The Labute approximate surface area is 149 Å². The highest BCUT2D eigenvalue weighted by Gasteiger charge is 2.23. The predicted octanol–water partition coefficient (Wildman–Crippen LogP) is 4.91. The standard InChI is InChI=1S/C21H24N2O2/c1-21(2,3)18-12-10-16(11-13-18)15-22-25-20(24)23-14-6-8-17-7-4-5-9-19(17)23/h4-5,7,9-13,15H,6,8,14H2,1-3H3. The van der Waals surface area contributed by atoms with Gasteiger partial charge in [0.2, 0.25) is 0 Å². The van der Waals surface area contributed by atoms with Gasteiger partial charge in [0.1, 0.15) is 0 Å². The maximum absolute atomic E-state index is 12.3. The van der Waals surface area contributed by atoms with Crippen LogP contribution in [0.5, 0.6) is 0 Å². The molecule has 0 atom stereocenters.